The summed E-state index contributed by atoms with van der Waals surface area (Å²) in [7, 11) is 0. The van der Waals surface area contributed by atoms with Crippen LogP contribution >= 0.6 is 0 Å². The van der Waals surface area contributed by atoms with Crippen LogP contribution in [0.4, 0.5) is 5.69 Å². The Morgan fingerprint density at radius 3 is 2.62 bits per heavy atom. The third kappa shape index (κ3) is 4.95. The smallest absolute Gasteiger partial charge is 0.270 e. The first kappa shape index (κ1) is 20.0. The van der Waals surface area contributed by atoms with E-state index in [4.69, 9.17) is 4.42 Å². The standard InChI is InChI=1S/C22H21N3O4/c1-14-4-5-15(2)17(10-14)11-22(26)24-23-13-19-8-9-21(29-19)20-12-18(25(27)28)7-6-16(20)3/h4-10,12-13H,11H2,1-3H3,(H,24,26)/b23-13-. The molecule has 2 aromatic carbocycles. The van der Waals surface area contributed by atoms with Gasteiger partial charge in [0.1, 0.15) is 11.5 Å². The number of aryl methyl sites for hydroxylation is 3. The molecule has 148 valence electrons. The lowest BCUT2D eigenvalue weighted by Crippen LogP contribution is -2.20. The summed E-state index contributed by atoms with van der Waals surface area (Å²) in [6.45, 7) is 5.80. The first-order chi connectivity index (χ1) is 13.8. The van der Waals surface area contributed by atoms with Crippen LogP contribution in [0.25, 0.3) is 11.3 Å². The molecule has 0 aliphatic carbocycles. The Hall–Kier alpha value is -3.74. The van der Waals surface area contributed by atoms with Crippen molar-refractivity contribution in [3.05, 3.63) is 86.7 Å². The maximum absolute atomic E-state index is 12.1. The summed E-state index contributed by atoms with van der Waals surface area (Å²) >= 11 is 0. The van der Waals surface area contributed by atoms with Gasteiger partial charge < -0.3 is 4.42 Å². The minimum Gasteiger partial charge on any atom is -0.455 e. The van der Waals surface area contributed by atoms with E-state index in [2.05, 4.69) is 10.5 Å². The molecule has 0 saturated carbocycles. The fraction of sp³-hybridized carbons (Fsp3) is 0.182. The molecule has 3 rings (SSSR count). The number of amides is 1. The number of carbonyl (C=O) groups is 1. The number of non-ortho nitro benzene ring substituents is 1. The van der Waals surface area contributed by atoms with Gasteiger partial charge in [-0.1, -0.05) is 29.8 Å². The van der Waals surface area contributed by atoms with Crippen LogP contribution in [0.2, 0.25) is 0 Å². The topological polar surface area (TPSA) is 97.7 Å². The molecule has 0 spiro atoms. The van der Waals surface area contributed by atoms with Crippen LogP contribution in [0.15, 0.2) is 58.0 Å². The number of nitrogens with one attached hydrogen (secondary N) is 1. The second-order valence-electron chi connectivity index (χ2n) is 6.86. The molecule has 1 heterocycles. The number of nitro benzene ring substituents is 1. The SMILES string of the molecule is Cc1ccc(C)c(CC(=O)N/N=C\c2ccc(-c3cc([N+](=O)[O-])ccc3C)o2)c1. The van der Waals surface area contributed by atoms with E-state index in [-0.39, 0.29) is 18.0 Å². The molecular weight excluding hydrogens is 370 g/mol. The predicted octanol–water partition coefficient (Wildman–Crippen LogP) is 4.47. The van der Waals surface area contributed by atoms with E-state index < -0.39 is 4.92 Å². The maximum atomic E-state index is 12.1. The lowest BCUT2D eigenvalue weighted by atomic mass is 10.0. The molecular formula is C22H21N3O4. The fourth-order valence-electron chi connectivity index (χ4n) is 2.93. The first-order valence-electron chi connectivity index (χ1n) is 9.07. The molecule has 0 unspecified atom stereocenters. The fourth-order valence-corrected chi connectivity index (χ4v) is 2.93. The van der Waals surface area contributed by atoms with Gasteiger partial charge in [-0.05, 0) is 49.6 Å². The van der Waals surface area contributed by atoms with Gasteiger partial charge in [-0.2, -0.15) is 5.10 Å². The molecule has 0 atom stereocenters. The summed E-state index contributed by atoms with van der Waals surface area (Å²) in [5, 5.41) is 14.9. The molecule has 1 N–H and O–H groups in total. The van der Waals surface area contributed by atoms with Crippen molar-refractivity contribution < 1.29 is 14.1 Å². The van der Waals surface area contributed by atoms with E-state index in [9.17, 15) is 14.9 Å². The number of nitrogens with zero attached hydrogens (tertiary/aromatic N) is 2. The molecule has 29 heavy (non-hydrogen) atoms. The van der Waals surface area contributed by atoms with Crippen LogP contribution in [-0.4, -0.2) is 17.0 Å². The number of carbonyl (C=O) groups excluding carboxylic acids is 1. The van der Waals surface area contributed by atoms with E-state index in [0.29, 0.717) is 17.1 Å². The Morgan fingerprint density at radius 1 is 1.10 bits per heavy atom. The van der Waals surface area contributed by atoms with Gasteiger partial charge in [-0.3, -0.25) is 14.9 Å². The van der Waals surface area contributed by atoms with Crippen molar-refractivity contribution in [2.75, 3.05) is 0 Å². The number of benzene rings is 2. The van der Waals surface area contributed by atoms with Gasteiger partial charge in [0.15, 0.2) is 0 Å². The molecule has 3 aromatic rings. The largest absolute Gasteiger partial charge is 0.455 e. The molecule has 0 aliphatic heterocycles. The number of nitro groups is 1. The normalized spacial score (nSPS) is 11.0. The van der Waals surface area contributed by atoms with Gasteiger partial charge in [0.2, 0.25) is 5.91 Å². The summed E-state index contributed by atoms with van der Waals surface area (Å²) in [5.41, 5.74) is 7.09. The molecule has 7 heteroatoms. The van der Waals surface area contributed by atoms with Crippen LogP contribution in [0.3, 0.4) is 0 Å². The number of hydrazone groups is 1. The third-order valence-electron chi connectivity index (χ3n) is 4.56. The number of furan rings is 1. The van der Waals surface area contributed by atoms with E-state index in [0.717, 1.165) is 22.3 Å². The summed E-state index contributed by atoms with van der Waals surface area (Å²) < 4.78 is 5.70. The van der Waals surface area contributed by atoms with E-state index in [1.54, 1.807) is 18.2 Å². The van der Waals surface area contributed by atoms with Gasteiger partial charge >= 0.3 is 0 Å². The maximum Gasteiger partial charge on any atom is 0.270 e. The molecule has 0 bridgehead atoms. The van der Waals surface area contributed by atoms with Crippen molar-refractivity contribution in [2.45, 2.75) is 27.2 Å². The van der Waals surface area contributed by atoms with Crippen LogP contribution in [0.1, 0.15) is 28.0 Å². The Bertz CT molecular complexity index is 1100. The third-order valence-corrected chi connectivity index (χ3v) is 4.56. The van der Waals surface area contributed by atoms with Crippen molar-refractivity contribution in [3.8, 4) is 11.3 Å². The van der Waals surface area contributed by atoms with Crippen molar-refractivity contribution in [1.29, 1.82) is 0 Å². The monoisotopic (exact) mass is 391 g/mol. The number of hydrogen-bond donors (Lipinski definition) is 1. The van der Waals surface area contributed by atoms with Crippen molar-refractivity contribution in [1.82, 2.24) is 5.43 Å². The van der Waals surface area contributed by atoms with Gasteiger partial charge in [0.25, 0.3) is 5.69 Å². The molecule has 7 nitrogen and oxygen atoms in total. The molecule has 0 radical (unpaired) electrons. The van der Waals surface area contributed by atoms with Crippen molar-refractivity contribution >= 4 is 17.8 Å². The second kappa shape index (κ2) is 8.52. The number of rotatable bonds is 6. The molecule has 0 fully saturated rings. The van der Waals surface area contributed by atoms with E-state index >= 15 is 0 Å². The zero-order valence-corrected chi connectivity index (χ0v) is 16.4. The van der Waals surface area contributed by atoms with Crippen LogP contribution in [0, 0.1) is 30.9 Å². The minimum absolute atomic E-state index is 0.00378. The number of hydrogen-bond acceptors (Lipinski definition) is 5. The van der Waals surface area contributed by atoms with Crippen LogP contribution in [-0.2, 0) is 11.2 Å². The van der Waals surface area contributed by atoms with Gasteiger partial charge in [0, 0.05) is 17.7 Å². The van der Waals surface area contributed by atoms with E-state index in [1.807, 2.05) is 39.0 Å². The summed E-state index contributed by atoms with van der Waals surface area (Å²) in [6, 6.07) is 14.0. The van der Waals surface area contributed by atoms with Gasteiger partial charge in [0.05, 0.1) is 17.6 Å². The molecule has 1 aromatic heterocycles. The van der Waals surface area contributed by atoms with Crippen molar-refractivity contribution in [2.24, 2.45) is 5.10 Å². The van der Waals surface area contributed by atoms with Crippen molar-refractivity contribution in [3.63, 3.8) is 0 Å². The highest BCUT2D eigenvalue weighted by atomic mass is 16.6. The quantitative estimate of drug-likeness (QED) is 0.381. The van der Waals surface area contributed by atoms with Crippen LogP contribution in [0.5, 0.6) is 0 Å². The predicted molar refractivity (Wildman–Crippen MR) is 111 cm³/mol. The zero-order chi connectivity index (χ0) is 21.0. The summed E-state index contributed by atoms with van der Waals surface area (Å²) in [5.74, 6) is 0.698. The van der Waals surface area contributed by atoms with Gasteiger partial charge in [-0.25, -0.2) is 5.43 Å². The Labute approximate surface area is 168 Å². The highest BCUT2D eigenvalue weighted by molar-refractivity contribution is 5.82. The highest BCUT2D eigenvalue weighted by Gasteiger charge is 2.13. The Kier molecular flexibility index (Phi) is 5.87. The summed E-state index contributed by atoms with van der Waals surface area (Å²) in [4.78, 5) is 22.7. The average Bonchev–Trinajstić information content (AvgIpc) is 3.13. The average molecular weight is 391 g/mol. The minimum atomic E-state index is -0.445. The lowest BCUT2D eigenvalue weighted by molar-refractivity contribution is -0.384. The molecule has 0 aliphatic rings. The lowest BCUT2D eigenvalue weighted by Gasteiger charge is -2.05. The first-order valence-corrected chi connectivity index (χ1v) is 9.07. The Balaban J connectivity index is 1.66. The van der Waals surface area contributed by atoms with Gasteiger partial charge in [-0.15, -0.1) is 0 Å². The summed E-state index contributed by atoms with van der Waals surface area (Å²) in [6.07, 6.45) is 1.64. The van der Waals surface area contributed by atoms with E-state index in [1.165, 1.54) is 18.3 Å². The highest BCUT2D eigenvalue weighted by Crippen LogP contribution is 2.28. The Morgan fingerprint density at radius 2 is 1.86 bits per heavy atom. The van der Waals surface area contributed by atoms with Crippen LogP contribution < -0.4 is 5.43 Å². The second-order valence-corrected chi connectivity index (χ2v) is 6.86. The zero-order valence-electron chi connectivity index (χ0n) is 16.4. The molecule has 1 amide bonds. The molecule has 0 saturated heterocycles.